The predicted molar refractivity (Wildman–Crippen MR) is 95.9 cm³/mol. The van der Waals surface area contributed by atoms with E-state index in [-0.39, 0.29) is 10.9 Å². The average Bonchev–Trinajstić information content (AvgIpc) is 2.58. The van der Waals surface area contributed by atoms with Crippen LogP contribution in [0.25, 0.3) is 16.6 Å². The first-order valence-electron chi connectivity index (χ1n) is 7.58. The maximum Gasteiger partial charge on any atom is 0.336 e. The van der Waals surface area contributed by atoms with E-state index in [1.165, 1.54) is 13.0 Å². The highest BCUT2D eigenvalue weighted by atomic mass is 35.5. The smallest absolute Gasteiger partial charge is 0.336 e. The number of hydrogen-bond acceptors (Lipinski definition) is 3. The number of fused-ring (bicyclic) bond motifs is 1. The first kappa shape index (κ1) is 17.0. The van der Waals surface area contributed by atoms with Gasteiger partial charge in [-0.1, -0.05) is 29.8 Å². The van der Waals surface area contributed by atoms with Crippen molar-refractivity contribution in [1.29, 1.82) is 0 Å². The van der Waals surface area contributed by atoms with Gasteiger partial charge in [0.15, 0.2) is 0 Å². The highest BCUT2D eigenvalue weighted by molar-refractivity contribution is 6.31. The van der Waals surface area contributed by atoms with E-state index < -0.39 is 23.3 Å². The molecule has 25 heavy (non-hydrogen) atoms. The van der Waals surface area contributed by atoms with Gasteiger partial charge in [0, 0.05) is 5.02 Å². The lowest BCUT2D eigenvalue weighted by atomic mass is 10.2. The van der Waals surface area contributed by atoms with E-state index >= 15 is 0 Å². The Morgan fingerprint density at radius 1 is 1.16 bits per heavy atom. The van der Waals surface area contributed by atoms with Crippen LogP contribution in [0, 0.1) is 6.92 Å². The number of carbonyl (C=O) groups is 1. The molecule has 0 amide bonds. The minimum atomic E-state index is -1.17. The quantitative estimate of drug-likeness (QED) is 0.780. The van der Waals surface area contributed by atoms with E-state index in [0.29, 0.717) is 10.7 Å². The van der Waals surface area contributed by atoms with Gasteiger partial charge in [-0.25, -0.2) is 14.2 Å². The highest BCUT2D eigenvalue weighted by Crippen LogP contribution is 2.19. The lowest BCUT2D eigenvalue weighted by molar-refractivity contribution is -0.140. The zero-order valence-electron chi connectivity index (χ0n) is 13.6. The van der Waals surface area contributed by atoms with Crippen molar-refractivity contribution in [3.05, 3.63) is 73.9 Å². The van der Waals surface area contributed by atoms with Crippen molar-refractivity contribution >= 4 is 28.5 Å². The Labute approximate surface area is 147 Å². The first-order chi connectivity index (χ1) is 11.8. The van der Waals surface area contributed by atoms with Crippen LogP contribution >= 0.6 is 11.6 Å². The molecule has 0 saturated heterocycles. The molecule has 0 aliphatic carbocycles. The molecular weight excluding hydrogens is 344 g/mol. The molecule has 0 saturated carbocycles. The van der Waals surface area contributed by atoms with E-state index in [0.717, 1.165) is 14.7 Å². The Hall–Kier alpha value is -2.86. The molecule has 0 radical (unpaired) electrons. The van der Waals surface area contributed by atoms with Crippen molar-refractivity contribution < 1.29 is 9.90 Å². The predicted octanol–water partition coefficient (Wildman–Crippen LogP) is 2.76. The molecular formula is C18H15ClN2O4. The summed E-state index contributed by atoms with van der Waals surface area (Å²) in [6, 6.07) is 10.1. The van der Waals surface area contributed by atoms with Gasteiger partial charge in [-0.2, -0.15) is 0 Å². The molecule has 2 aromatic carbocycles. The van der Waals surface area contributed by atoms with Crippen LogP contribution in [0.15, 0.2) is 52.1 Å². The Balaban J connectivity index is 2.48. The zero-order valence-corrected chi connectivity index (χ0v) is 14.3. The lowest BCUT2D eigenvalue weighted by Crippen LogP contribution is -2.41. The van der Waals surface area contributed by atoms with E-state index in [2.05, 4.69) is 0 Å². The first-order valence-corrected chi connectivity index (χ1v) is 7.96. The van der Waals surface area contributed by atoms with Crippen LogP contribution in [0.1, 0.15) is 18.5 Å². The summed E-state index contributed by atoms with van der Waals surface area (Å²) < 4.78 is 2.06. The van der Waals surface area contributed by atoms with Crippen molar-refractivity contribution in [2.75, 3.05) is 0 Å². The number of hydrogen-bond donors (Lipinski definition) is 1. The minimum absolute atomic E-state index is 0.256. The van der Waals surface area contributed by atoms with Gasteiger partial charge in [-0.15, -0.1) is 0 Å². The van der Waals surface area contributed by atoms with E-state index in [1.54, 1.807) is 43.3 Å². The second-order valence-corrected chi connectivity index (χ2v) is 6.17. The summed E-state index contributed by atoms with van der Waals surface area (Å²) in [6.07, 6.45) is 0. The number of nitrogens with zero attached hydrogens (tertiary/aromatic N) is 2. The molecule has 1 heterocycles. The van der Waals surface area contributed by atoms with Gasteiger partial charge in [0.25, 0.3) is 5.56 Å². The fourth-order valence-corrected chi connectivity index (χ4v) is 2.89. The standard InChI is InChI=1S/C18H15ClN2O4/c1-10-7-8-12(9-14(10)19)21-16(22)13-5-3-4-6-15(13)20(18(21)25)11(2)17(23)24/h3-9,11H,1-2H3,(H,23,24)/t11-/m1/s1. The number of carboxylic acid groups (broad SMARTS) is 1. The SMILES string of the molecule is Cc1ccc(-n2c(=O)c3ccccc3n([C@H](C)C(=O)O)c2=O)cc1Cl. The molecule has 128 valence electrons. The van der Waals surface area contributed by atoms with E-state index in [9.17, 15) is 19.5 Å². The number of halogens is 1. The average molecular weight is 359 g/mol. The van der Waals surface area contributed by atoms with Crippen molar-refractivity contribution in [2.24, 2.45) is 0 Å². The lowest BCUT2D eigenvalue weighted by Gasteiger charge is -2.17. The molecule has 3 aromatic rings. The second kappa shape index (κ2) is 6.22. The summed E-state index contributed by atoms with van der Waals surface area (Å²) in [5.74, 6) is -1.17. The van der Waals surface area contributed by atoms with Crippen LogP contribution in [0.5, 0.6) is 0 Å². The Bertz CT molecular complexity index is 1110. The molecule has 0 aliphatic heterocycles. The van der Waals surface area contributed by atoms with Crippen LogP contribution in [0.4, 0.5) is 0 Å². The monoisotopic (exact) mass is 358 g/mol. The van der Waals surface area contributed by atoms with Crippen molar-refractivity contribution in [3.63, 3.8) is 0 Å². The third-order valence-corrected chi connectivity index (χ3v) is 4.56. The second-order valence-electron chi connectivity index (χ2n) is 5.76. The van der Waals surface area contributed by atoms with Gasteiger partial charge in [0.1, 0.15) is 6.04 Å². The highest BCUT2D eigenvalue weighted by Gasteiger charge is 2.22. The molecule has 1 atom stereocenters. The molecule has 0 fully saturated rings. The topological polar surface area (TPSA) is 81.3 Å². The summed E-state index contributed by atoms with van der Waals surface area (Å²) in [7, 11) is 0. The molecule has 0 aliphatic rings. The summed E-state index contributed by atoms with van der Waals surface area (Å²) in [4.78, 5) is 37.3. The van der Waals surface area contributed by atoms with Crippen molar-refractivity contribution in [2.45, 2.75) is 19.9 Å². The summed E-state index contributed by atoms with van der Waals surface area (Å²) in [5, 5.41) is 10.0. The van der Waals surface area contributed by atoms with Crippen LogP contribution in [0.3, 0.4) is 0 Å². The molecule has 7 heteroatoms. The number of benzene rings is 2. The number of aliphatic carboxylic acids is 1. The largest absolute Gasteiger partial charge is 0.480 e. The maximum absolute atomic E-state index is 13.0. The number of aromatic nitrogens is 2. The number of para-hydroxylation sites is 1. The molecule has 0 spiro atoms. The third-order valence-electron chi connectivity index (χ3n) is 4.15. The molecule has 1 aromatic heterocycles. The molecule has 1 N–H and O–H groups in total. The minimum Gasteiger partial charge on any atom is -0.480 e. The summed E-state index contributed by atoms with van der Waals surface area (Å²) >= 11 is 6.12. The normalized spacial score (nSPS) is 12.3. The van der Waals surface area contributed by atoms with Gasteiger partial charge in [-0.05, 0) is 43.7 Å². The molecule has 0 unspecified atom stereocenters. The van der Waals surface area contributed by atoms with Crippen LogP contribution < -0.4 is 11.2 Å². The van der Waals surface area contributed by atoms with Gasteiger partial charge >= 0.3 is 11.7 Å². The summed E-state index contributed by atoms with van der Waals surface area (Å²) in [6.45, 7) is 3.20. The maximum atomic E-state index is 13.0. The van der Waals surface area contributed by atoms with Crippen LogP contribution in [-0.4, -0.2) is 20.2 Å². The third kappa shape index (κ3) is 2.74. The summed E-state index contributed by atoms with van der Waals surface area (Å²) in [5.41, 5.74) is 0.135. The Kier molecular flexibility index (Phi) is 4.22. The van der Waals surface area contributed by atoms with Gasteiger partial charge in [0.05, 0.1) is 16.6 Å². The van der Waals surface area contributed by atoms with E-state index in [4.69, 9.17) is 11.6 Å². The van der Waals surface area contributed by atoms with Crippen LogP contribution in [0.2, 0.25) is 5.02 Å². The van der Waals surface area contributed by atoms with Crippen molar-refractivity contribution in [1.82, 2.24) is 9.13 Å². The fraction of sp³-hybridized carbons (Fsp3) is 0.167. The van der Waals surface area contributed by atoms with Gasteiger partial charge in [-0.3, -0.25) is 9.36 Å². The van der Waals surface area contributed by atoms with Gasteiger partial charge in [0.2, 0.25) is 0 Å². The number of rotatable bonds is 3. The fourth-order valence-electron chi connectivity index (χ4n) is 2.72. The number of aryl methyl sites for hydroxylation is 1. The molecule has 6 nitrogen and oxygen atoms in total. The Morgan fingerprint density at radius 3 is 2.48 bits per heavy atom. The molecule has 0 bridgehead atoms. The zero-order chi connectivity index (χ0) is 18.3. The van der Waals surface area contributed by atoms with Gasteiger partial charge < -0.3 is 5.11 Å². The Morgan fingerprint density at radius 2 is 1.84 bits per heavy atom. The van der Waals surface area contributed by atoms with Crippen molar-refractivity contribution in [3.8, 4) is 5.69 Å². The van der Waals surface area contributed by atoms with Crippen LogP contribution in [-0.2, 0) is 4.79 Å². The number of carboxylic acids is 1. The van der Waals surface area contributed by atoms with E-state index in [1.807, 2.05) is 0 Å². The molecule has 3 rings (SSSR count).